The summed E-state index contributed by atoms with van der Waals surface area (Å²) < 4.78 is 0. The van der Waals surface area contributed by atoms with E-state index in [-0.39, 0.29) is 0 Å². The lowest BCUT2D eigenvalue weighted by Crippen LogP contribution is -2.29. The van der Waals surface area contributed by atoms with E-state index in [2.05, 4.69) is 94.1 Å². The number of fused-ring (bicyclic) bond motifs is 4. The fourth-order valence-electron chi connectivity index (χ4n) is 5.34. The Labute approximate surface area is 235 Å². The zero-order valence-corrected chi connectivity index (χ0v) is 22.8. The molecular formula is C34H36N6. The molecule has 0 saturated carbocycles. The highest BCUT2D eigenvalue weighted by atomic mass is 15.0. The zero-order chi connectivity index (χ0) is 27.0. The molecule has 0 bridgehead atoms. The Kier molecular flexibility index (Phi) is 8.27. The van der Waals surface area contributed by atoms with Crippen LogP contribution >= 0.6 is 0 Å². The summed E-state index contributed by atoms with van der Waals surface area (Å²) in [6.45, 7) is 5.74. The van der Waals surface area contributed by atoms with Crippen LogP contribution in [0.3, 0.4) is 0 Å². The molecule has 0 aliphatic carbocycles. The molecule has 0 unspecified atom stereocenters. The van der Waals surface area contributed by atoms with Crippen molar-refractivity contribution in [2.24, 2.45) is 0 Å². The van der Waals surface area contributed by atoms with Crippen LogP contribution in [-0.4, -0.2) is 49.2 Å². The molecule has 0 aliphatic heterocycles. The number of pyridine rings is 2. The number of nitrogens with zero attached hydrogens (tertiary/aromatic N) is 2. The summed E-state index contributed by atoms with van der Waals surface area (Å²) >= 11 is 0. The summed E-state index contributed by atoms with van der Waals surface area (Å²) in [6, 6.07) is 33.5. The SMILES string of the molecule is c1ccc2c(NCCCNCCNCCCNc3c4ccccc4nc4ccccc34)c3ccccc3nc2c1. The zero-order valence-electron chi connectivity index (χ0n) is 22.8. The van der Waals surface area contributed by atoms with E-state index in [9.17, 15) is 0 Å². The van der Waals surface area contributed by atoms with Gasteiger partial charge in [0.1, 0.15) is 0 Å². The number of aromatic nitrogens is 2. The molecule has 6 aromatic rings. The molecule has 6 rings (SSSR count). The topological polar surface area (TPSA) is 73.9 Å². The van der Waals surface area contributed by atoms with Gasteiger partial charge < -0.3 is 21.3 Å². The van der Waals surface area contributed by atoms with Crippen molar-refractivity contribution in [3.8, 4) is 0 Å². The normalized spacial score (nSPS) is 11.5. The molecule has 40 heavy (non-hydrogen) atoms. The fourth-order valence-corrected chi connectivity index (χ4v) is 5.34. The van der Waals surface area contributed by atoms with Gasteiger partial charge >= 0.3 is 0 Å². The molecule has 0 spiro atoms. The van der Waals surface area contributed by atoms with E-state index in [1.54, 1.807) is 0 Å². The van der Waals surface area contributed by atoms with Crippen molar-refractivity contribution in [1.82, 2.24) is 20.6 Å². The number of para-hydroxylation sites is 4. The van der Waals surface area contributed by atoms with Gasteiger partial charge in [0.2, 0.25) is 0 Å². The summed E-state index contributed by atoms with van der Waals surface area (Å²) in [7, 11) is 0. The number of hydrogen-bond donors (Lipinski definition) is 4. The summed E-state index contributed by atoms with van der Waals surface area (Å²) in [4.78, 5) is 9.63. The summed E-state index contributed by atoms with van der Waals surface area (Å²) in [5, 5.41) is 19.2. The van der Waals surface area contributed by atoms with Crippen molar-refractivity contribution in [1.29, 1.82) is 0 Å². The first kappa shape index (κ1) is 26.0. The van der Waals surface area contributed by atoms with Gasteiger partial charge in [-0.3, -0.25) is 0 Å². The molecule has 0 radical (unpaired) electrons. The first-order chi connectivity index (χ1) is 19.9. The van der Waals surface area contributed by atoms with Crippen LogP contribution in [-0.2, 0) is 0 Å². The van der Waals surface area contributed by atoms with Crippen LogP contribution in [0.5, 0.6) is 0 Å². The van der Waals surface area contributed by atoms with E-state index >= 15 is 0 Å². The van der Waals surface area contributed by atoms with Crippen LogP contribution in [0.2, 0.25) is 0 Å². The quantitative estimate of drug-likeness (QED) is 0.100. The average Bonchev–Trinajstić information content (AvgIpc) is 3.00. The van der Waals surface area contributed by atoms with Gasteiger partial charge in [-0.2, -0.15) is 0 Å². The minimum absolute atomic E-state index is 0.919. The first-order valence-electron chi connectivity index (χ1n) is 14.3. The Morgan fingerprint density at radius 3 is 1.05 bits per heavy atom. The maximum atomic E-state index is 4.82. The minimum Gasteiger partial charge on any atom is -0.384 e. The third-order valence-corrected chi connectivity index (χ3v) is 7.32. The lowest BCUT2D eigenvalue weighted by atomic mass is 10.1. The maximum absolute atomic E-state index is 4.82. The Morgan fingerprint density at radius 2 is 0.700 bits per heavy atom. The Bertz CT molecular complexity index is 1490. The van der Waals surface area contributed by atoms with Gasteiger partial charge in [0.05, 0.1) is 33.4 Å². The van der Waals surface area contributed by atoms with E-state index in [4.69, 9.17) is 9.97 Å². The number of rotatable bonds is 13. The average molecular weight is 529 g/mol. The van der Waals surface area contributed by atoms with Gasteiger partial charge in [-0.1, -0.05) is 72.8 Å². The van der Waals surface area contributed by atoms with Crippen LogP contribution < -0.4 is 21.3 Å². The summed E-state index contributed by atoms with van der Waals surface area (Å²) in [5.74, 6) is 0. The van der Waals surface area contributed by atoms with E-state index in [0.717, 1.165) is 74.2 Å². The molecule has 0 saturated heterocycles. The van der Waals surface area contributed by atoms with Crippen molar-refractivity contribution >= 4 is 55.0 Å². The van der Waals surface area contributed by atoms with E-state index in [0.29, 0.717) is 0 Å². The van der Waals surface area contributed by atoms with Gasteiger partial charge in [0.15, 0.2) is 0 Å². The second kappa shape index (κ2) is 12.7. The summed E-state index contributed by atoms with van der Waals surface area (Å²) in [5.41, 5.74) is 6.50. The molecule has 2 aromatic heterocycles. The fraction of sp³-hybridized carbons (Fsp3) is 0.235. The van der Waals surface area contributed by atoms with E-state index < -0.39 is 0 Å². The Morgan fingerprint density at radius 1 is 0.375 bits per heavy atom. The smallest absolute Gasteiger partial charge is 0.0730 e. The second-order valence-electron chi connectivity index (χ2n) is 10.1. The maximum Gasteiger partial charge on any atom is 0.0730 e. The first-order valence-corrected chi connectivity index (χ1v) is 14.3. The van der Waals surface area contributed by atoms with Gasteiger partial charge in [-0.15, -0.1) is 0 Å². The Hall–Kier alpha value is -4.26. The lowest BCUT2D eigenvalue weighted by molar-refractivity contribution is 0.595. The van der Waals surface area contributed by atoms with Gasteiger partial charge in [-0.25, -0.2) is 9.97 Å². The molecule has 6 nitrogen and oxygen atoms in total. The van der Waals surface area contributed by atoms with Gasteiger partial charge in [0.25, 0.3) is 0 Å². The molecule has 0 aliphatic rings. The molecule has 202 valence electrons. The lowest BCUT2D eigenvalue weighted by Gasteiger charge is -2.14. The van der Waals surface area contributed by atoms with Crippen LogP contribution in [0.15, 0.2) is 97.1 Å². The molecule has 6 heteroatoms. The predicted octanol–water partition coefficient (Wildman–Crippen LogP) is 6.57. The molecule has 0 amide bonds. The number of hydrogen-bond acceptors (Lipinski definition) is 6. The molecule has 4 N–H and O–H groups in total. The largest absolute Gasteiger partial charge is 0.384 e. The predicted molar refractivity (Wildman–Crippen MR) is 170 cm³/mol. The van der Waals surface area contributed by atoms with Crippen LogP contribution in [0.1, 0.15) is 12.8 Å². The Balaban J connectivity index is 0.899. The monoisotopic (exact) mass is 528 g/mol. The van der Waals surface area contributed by atoms with Crippen LogP contribution in [0.4, 0.5) is 11.4 Å². The van der Waals surface area contributed by atoms with Gasteiger partial charge in [0, 0.05) is 47.7 Å². The second-order valence-corrected chi connectivity index (χ2v) is 10.1. The molecule has 4 aromatic carbocycles. The highest BCUT2D eigenvalue weighted by Crippen LogP contribution is 2.31. The standard InChI is InChI=1S/C34H36N6/c1-5-15-29-25(11-1)33(26-12-2-6-16-30(26)39-29)37-21-9-19-35-23-24-36-20-10-22-38-34-27-13-3-7-17-31(27)40-32-18-8-4-14-28(32)34/h1-8,11-18,35-36H,9-10,19-24H2,(H,37,39)(H,38,40). The summed E-state index contributed by atoms with van der Waals surface area (Å²) in [6.07, 6.45) is 2.12. The van der Waals surface area contributed by atoms with E-state index in [1.165, 1.54) is 32.9 Å². The van der Waals surface area contributed by atoms with Crippen molar-refractivity contribution in [2.75, 3.05) is 49.9 Å². The molecule has 0 atom stereocenters. The van der Waals surface area contributed by atoms with Crippen molar-refractivity contribution in [2.45, 2.75) is 12.8 Å². The molecule has 2 heterocycles. The number of anilines is 2. The number of nitrogens with one attached hydrogen (secondary N) is 4. The van der Waals surface area contributed by atoms with Gasteiger partial charge in [-0.05, 0) is 50.2 Å². The van der Waals surface area contributed by atoms with Crippen molar-refractivity contribution < 1.29 is 0 Å². The van der Waals surface area contributed by atoms with Crippen molar-refractivity contribution in [3.63, 3.8) is 0 Å². The highest BCUT2D eigenvalue weighted by Gasteiger charge is 2.09. The third kappa shape index (κ3) is 5.83. The van der Waals surface area contributed by atoms with Crippen LogP contribution in [0.25, 0.3) is 43.6 Å². The van der Waals surface area contributed by atoms with Crippen LogP contribution in [0, 0.1) is 0 Å². The third-order valence-electron chi connectivity index (χ3n) is 7.32. The molecular weight excluding hydrogens is 492 g/mol. The molecule has 0 fully saturated rings. The van der Waals surface area contributed by atoms with E-state index in [1.807, 2.05) is 24.3 Å². The minimum atomic E-state index is 0.919. The number of benzene rings is 4. The van der Waals surface area contributed by atoms with Crippen molar-refractivity contribution in [3.05, 3.63) is 97.1 Å². The highest BCUT2D eigenvalue weighted by molar-refractivity contribution is 6.08.